The van der Waals surface area contributed by atoms with E-state index in [-0.39, 0.29) is 17.1 Å². The van der Waals surface area contributed by atoms with Crippen LogP contribution in [0.25, 0.3) is 0 Å². The zero-order valence-electron chi connectivity index (χ0n) is 12.5. The number of carbonyl (C=O) groups excluding carboxylic acids is 1. The average Bonchev–Trinajstić information content (AvgIpc) is 3.19. The first-order valence-corrected chi connectivity index (χ1v) is 8.66. The molecule has 0 aliphatic heterocycles. The lowest BCUT2D eigenvalue weighted by molar-refractivity contribution is -0.120. The fourth-order valence-electron chi connectivity index (χ4n) is 3.30. The number of nitrogens with one attached hydrogen (secondary N) is 1. The Bertz CT molecular complexity index is 615. The number of hydrogen-bond acceptors (Lipinski definition) is 2. The summed E-state index contributed by atoms with van der Waals surface area (Å²) in [6, 6.07) is 8.30. The number of halogens is 1. The second-order valence-corrected chi connectivity index (χ2v) is 6.86. The number of rotatable bonds is 5. The highest BCUT2D eigenvalue weighted by Crippen LogP contribution is 2.41. The summed E-state index contributed by atoms with van der Waals surface area (Å²) in [5.74, 6) is -0.264. The summed E-state index contributed by atoms with van der Waals surface area (Å²) in [5, 5.41) is 7.40. The summed E-state index contributed by atoms with van der Waals surface area (Å²) >= 11 is 1.71. The van der Waals surface area contributed by atoms with Crippen LogP contribution in [0.2, 0.25) is 0 Å². The molecule has 116 valence electrons. The third kappa shape index (κ3) is 3.38. The molecule has 0 saturated heterocycles. The molecule has 1 heterocycles. The highest BCUT2D eigenvalue weighted by molar-refractivity contribution is 7.08. The molecule has 0 unspecified atom stereocenters. The third-order valence-corrected chi connectivity index (χ3v) is 5.28. The number of benzene rings is 1. The first-order chi connectivity index (χ1) is 10.7. The number of hydrogen-bond donors (Lipinski definition) is 1. The molecule has 4 heteroatoms. The zero-order chi connectivity index (χ0) is 15.4. The topological polar surface area (TPSA) is 29.1 Å². The molecule has 0 spiro atoms. The normalized spacial score (nSPS) is 16.6. The third-order valence-electron chi connectivity index (χ3n) is 4.60. The Morgan fingerprint density at radius 1 is 1.18 bits per heavy atom. The van der Waals surface area contributed by atoms with Crippen molar-refractivity contribution in [2.24, 2.45) is 0 Å². The molecule has 1 aliphatic rings. The predicted octanol–water partition coefficient (Wildman–Crippen LogP) is 4.06. The molecule has 1 saturated carbocycles. The number of thiophene rings is 1. The van der Waals surface area contributed by atoms with E-state index < -0.39 is 0 Å². The van der Waals surface area contributed by atoms with Gasteiger partial charge in [-0.25, -0.2) is 4.39 Å². The minimum Gasteiger partial charge on any atom is -0.355 e. The van der Waals surface area contributed by atoms with E-state index >= 15 is 0 Å². The van der Waals surface area contributed by atoms with Gasteiger partial charge in [-0.2, -0.15) is 11.3 Å². The van der Waals surface area contributed by atoms with Crippen LogP contribution in [0, 0.1) is 5.82 Å². The quantitative estimate of drug-likeness (QED) is 0.885. The van der Waals surface area contributed by atoms with Gasteiger partial charge in [0.1, 0.15) is 5.82 Å². The maximum atomic E-state index is 12.9. The Kier molecular flexibility index (Phi) is 4.57. The maximum Gasteiger partial charge on any atom is 0.224 e. The molecule has 1 amide bonds. The van der Waals surface area contributed by atoms with Crippen molar-refractivity contribution >= 4 is 17.2 Å². The van der Waals surface area contributed by atoms with Crippen LogP contribution in [-0.4, -0.2) is 12.5 Å². The van der Waals surface area contributed by atoms with Gasteiger partial charge in [0.25, 0.3) is 0 Å². The van der Waals surface area contributed by atoms with Crippen LogP contribution in [0.5, 0.6) is 0 Å². The van der Waals surface area contributed by atoms with E-state index in [2.05, 4.69) is 22.1 Å². The van der Waals surface area contributed by atoms with E-state index in [9.17, 15) is 9.18 Å². The first-order valence-electron chi connectivity index (χ1n) is 7.72. The molecule has 0 atom stereocenters. The first kappa shape index (κ1) is 15.2. The van der Waals surface area contributed by atoms with Crippen molar-refractivity contribution in [2.45, 2.75) is 37.5 Å². The molecule has 1 aromatic heterocycles. The number of carbonyl (C=O) groups is 1. The molecular formula is C18H20FNOS. The van der Waals surface area contributed by atoms with E-state index in [1.165, 1.54) is 30.5 Å². The van der Waals surface area contributed by atoms with Gasteiger partial charge >= 0.3 is 0 Å². The van der Waals surface area contributed by atoms with Gasteiger partial charge in [-0.3, -0.25) is 4.79 Å². The Hall–Kier alpha value is -1.68. The second-order valence-electron chi connectivity index (χ2n) is 6.08. The highest BCUT2D eigenvalue weighted by Gasteiger charge is 2.36. The van der Waals surface area contributed by atoms with Gasteiger partial charge in [-0.1, -0.05) is 25.0 Å². The molecule has 1 fully saturated rings. The van der Waals surface area contributed by atoms with Crippen LogP contribution in [0.1, 0.15) is 36.8 Å². The monoisotopic (exact) mass is 317 g/mol. The second kappa shape index (κ2) is 6.61. The van der Waals surface area contributed by atoms with Gasteiger partial charge in [0.05, 0.1) is 6.42 Å². The summed E-state index contributed by atoms with van der Waals surface area (Å²) in [6.07, 6.45) is 5.04. The molecule has 1 N–H and O–H groups in total. The van der Waals surface area contributed by atoms with Gasteiger partial charge in [0.15, 0.2) is 0 Å². The molecular weight excluding hydrogens is 297 g/mol. The minimum atomic E-state index is -0.272. The van der Waals surface area contributed by atoms with Gasteiger partial charge in [0, 0.05) is 12.0 Å². The van der Waals surface area contributed by atoms with E-state index in [0.717, 1.165) is 18.4 Å². The maximum absolute atomic E-state index is 12.9. The van der Waals surface area contributed by atoms with Crippen molar-refractivity contribution in [3.8, 4) is 0 Å². The van der Waals surface area contributed by atoms with Crippen molar-refractivity contribution in [1.29, 1.82) is 0 Å². The highest BCUT2D eigenvalue weighted by atomic mass is 32.1. The summed E-state index contributed by atoms with van der Waals surface area (Å²) in [4.78, 5) is 12.2. The molecule has 0 bridgehead atoms. The van der Waals surface area contributed by atoms with E-state index in [4.69, 9.17) is 0 Å². The lowest BCUT2D eigenvalue weighted by Gasteiger charge is -2.28. The van der Waals surface area contributed by atoms with E-state index in [1.54, 1.807) is 23.5 Å². The van der Waals surface area contributed by atoms with Crippen molar-refractivity contribution in [1.82, 2.24) is 5.32 Å². The minimum absolute atomic E-state index is 0.00751. The lowest BCUT2D eigenvalue weighted by Crippen LogP contribution is -2.39. The van der Waals surface area contributed by atoms with Crippen LogP contribution in [0.3, 0.4) is 0 Å². The van der Waals surface area contributed by atoms with Gasteiger partial charge in [-0.15, -0.1) is 0 Å². The zero-order valence-corrected chi connectivity index (χ0v) is 13.3. The Morgan fingerprint density at radius 2 is 1.91 bits per heavy atom. The fourth-order valence-corrected chi connectivity index (χ4v) is 4.08. The Labute approximate surface area is 134 Å². The predicted molar refractivity (Wildman–Crippen MR) is 87.6 cm³/mol. The van der Waals surface area contributed by atoms with Crippen molar-refractivity contribution in [2.75, 3.05) is 6.54 Å². The summed E-state index contributed by atoms with van der Waals surface area (Å²) in [6.45, 7) is 0.698. The largest absolute Gasteiger partial charge is 0.355 e. The molecule has 2 aromatic rings. The molecule has 3 rings (SSSR count). The summed E-state index contributed by atoms with van der Waals surface area (Å²) < 4.78 is 12.9. The van der Waals surface area contributed by atoms with Gasteiger partial charge < -0.3 is 5.32 Å². The smallest absolute Gasteiger partial charge is 0.224 e. The van der Waals surface area contributed by atoms with Crippen molar-refractivity contribution in [3.63, 3.8) is 0 Å². The molecule has 0 radical (unpaired) electrons. The Balaban J connectivity index is 1.60. The molecule has 22 heavy (non-hydrogen) atoms. The van der Waals surface area contributed by atoms with Crippen molar-refractivity contribution in [3.05, 3.63) is 58.0 Å². The number of amides is 1. The van der Waals surface area contributed by atoms with Crippen LogP contribution >= 0.6 is 11.3 Å². The Morgan fingerprint density at radius 3 is 2.55 bits per heavy atom. The fraction of sp³-hybridized carbons (Fsp3) is 0.389. The summed E-state index contributed by atoms with van der Waals surface area (Å²) in [5.41, 5.74) is 2.31. The molecule has 2 nitrogen and oxygen atoms in total. The average molecular weight is 317 g/mol. The standard InChI is InChI=1S/C18H20FNOS/c19-16-5-3-14(4-6-16)11-17(21)20-13-18(8-1-2-9-18)15-7-10-22-12-15/h3-7,10,12H,1-2,8-9,11,13H2,(H,20,21). The molecule has 1 aromatic carbocycles. The van der Waals surface area contributed by atoms with Crippen molar-refractivity contribution < 1.29 is 9.18 Å². The van der Waals surface area contributed by atoms with Crippen LogP contribution < -0.4 is 5.32 Å². The molecule has 1 aliphatic carbocycles. The van der Waals surface area contributed by atoms with E-state index in [1.807, 2.05) is 0 Å². The lowest BCUT2D eigenvalue weighted by atomic mass is 9.80. The SMILES string of the molecule is O=C(Cc1ccc(F)cc1)NCC1(c2ccsc2)CCCC1. The van der Waals surface area contributed by atoms with Crippen LogP contribution in [0.15, 0.2) is 41.1 Å². The van der Waals surface area contributed by atoms with E-state index in [0.29, 0.717) is 13.0 Å². The van der Waals surface area contributed by atoms with Gasteiger partial charge in [0.2, 0.25) is 5.91 Å². The van der Waals surface area contributed by atoms with Crippen LogP contribution in [0.4, 0.5) is 4.39 Å². The van der Waals surface area contributed by atoms with Crippen LogP contribution in [-0.2, 0) is 16.6 Å². The summed E-state index contributed by atoms with van der Waals surface area (Å²) in [7, 11) is 0. The van der Waals surface area contributed by atoms with Gasteiger partial charge in [-0.05, 0) is 52.9 Å².